The van der Waals surface area contributed by atoms with Crippen LogP contribution in [-0.4, -0.2) is 35.7 Å². The number of piperazine rings is 1. The van der Waals surface area contributed by atoms with E-state index in [9.17, 15) is 4.79 Å². The lowest BCUT2D eigenvalue weighted by Crippen LogP contribution is -2.43. The first-order valence-corrected chi connectivity index (χ1v) is 7.97. The van der Waals surface area contributed by atoms with Gasteiger partial charge >= 0.3 is 5.69 Å². The van der Waals surface area contributed by atoms with Crippen molar-refractivity contribution in [2.75, 3.05) is 31.1 Å². The molecule has 118 valence electrons. The van der Waals surface area contributed by atoms with Crippen LogP contribution in [0.5, 0.6) is 0 Å². The third kappa shape index (κ3) is 2.53. The lowest BCUT2D eigenvalue weighted by molar-refractivity contribution is 0.589. The first-order chi connectivity index (χ1) is 11.2. The lowest BCUT2D eigenvalue weighted by atomic mass is 10.0. The average Bonchev–Trinajstić information content (AvgIpc) is 2.90. The summed E-state index contributed by atoms with van der Waals surface area (Å²) in [5, 5.41) is 3.37. The zero-order valence-electron chi connectivity index (χ0n) is 13.2. The van der Waals surface area contributed by atoms with E-state index in [1.54, 1.807) is 11.6 Å². The maximum atomic E-state index is 11.7. The number of hydrogen-bond acceptors (Lipinski definition) is 3. The van der Waals surface area contributed by atoms with Crippen LogP contribution in [0.15, 0.2) is 47.3 Å². The Labute approximate surface area is 134 Å². The van der Waals surface area contributed by atoms with Gasteiger partial charge in [-0.15, -0.1) is 0 Å². The van der Waals surface area contributed by atoms with Gasteiger partial charge in [0.25, 0.3) is 0 Å². The molecule has 23 heavy (non-hydrogen) atoms. The molecule has 2 aromatic carbocycles. The van der Waals surface area contributed by atoms with E-state index in [4.69, 9.17) is 0 Å². The molecule has 2 heterocycles. The fourth-order valence-electron chi connectivity index (χ4n) is 3.19. The number of fused-ring (bicyclic) bond motifs is 1. The van der Waals surface area contributed by atoms with Crippen molar-refractivity contribution >= 4 is 16.7 Å². The fraction of sp³-hybridized carbons (Fsp3) is 0.278. The quantitative estimate of drug-likeness (QED) is 0.761. The Kier molecular flexibility index (Phi) is 3.42. The molecule has 1 aliphatic rings. The van der Waals surface area contributed by atoms with Crippen molar-refractivity contribution in [2.24, 2.45) is 7.05 Å². The van der Waals surface area contributed by atoms with Gasteiger partial charge in [-0.1, -0.05) is 18.2 Å². The van der Waals surface area contributed by atoms with Crippen molar-refractivity contribution in [1.82, 2.24) is 14.9 Å². The van der Waals surface area contributed by atoms with Crippen molar-refractivity contribution in [3.8, 4) is 11.1 Å². The molecule has 0 radical (unpaired) electrons. The molecule has 5 heteroatoms. The molecule has 1 saturated heterocycles. The van der Waals surface area contributed by atoms with E-state index >= 15 is 0 Å². The predicted octanol–water partition coefficient (Wildman–Crippen LogP) is 1.94. The molecule has 0 aliphatic carbocycles. The molecule has 3 aromatic rings. The van der Waals surface area contributed by atoms with Crippen LogP contribution in [0.4, 0.5) is 5.69 Å². The summed E-state index contributed by atoms with van der Waals surface area (Å²) in [6.45, 7) is 4.19. The van der Waals surface area contributed by atoms with Gasteiger partial charge in [0, 0.05) is 38.9 Å². The van der Waals surface area contributed by atoms with Gasteiger partial charge in [-0.05, 0) is 35.4 Å². The number of nitrogens with one attached hydrogen (secondary N) is 2. The number of aromatic amines is 1. The van der Waals surface area contributed by atoms with Gasteiger partial charge in [0.05, 0.1) is 11.0 Å². The highest BCUT2D eigenvalue weighted by Crippen LogP contribution is 2.25. The van der Waals surface area contributed by atoms with Crippen molar-refractivity contribution in [2.45, 2.75) is 0 Å². The first-order valence-electron chi connectivity index (χ1n) is 7.97. The Balaban J connectivity index is 1.67. The standard InChI is InChI=1S/C18H20N4O/c1-21-17-12-14(4-7-16(17)20-18(21)23)13-2-5-15(6-3-13)22-10-8-19-9-11-22/h2-7,12,19H,8-11H2,1H3,(H,20,23). The van der Waals surface area contributed by atoms with Crippen LogP contribution in [0.2, 0.25) is 0 Å². The molecule has 0 atom stereocenters. The molecular weight excluding hydrogens is 288 g/mol. The van der Waals surface area contributed by atoms with E-state index in [0.29, 0.717) is 0 Å². The van der Waals surface area contributed by atoms with Crippen LogP contribution in [-0.2, 0) is 7.05 Å². The van der Waals surface area contributed by atoms with Crippen LogP contribution in [0.25, 0.3) is 22.2 Å². The van der Waals surface area contributed by atoms with Crippen molar-refractivity contribution in [1.29, 1.82) is 0 Å². The maximum absolute atomic E-state index is 11.7. The minimum absolute atomic E-state index is 0.0776. The number of aryl methyl sites for hydroxylation is 1. The number of nitrogens with zero attached hydrogens (tertiary/aromatic N) is 2. The molecule has 2 N–H and O–H groups in total. The number of imidazole rings is 1. The molecule has 0 amide bonds. The normalized spacial score (nSPS) is 15.3. The topological polar surface area (TPSA) is 53.1 Å². The fourth-order valence-corrected chi connectivity index (χ4v) is 3.19. The van der Waals surface area contributed by atoms with Gasteiger partial charge in [0.15, 0.2) is 0 Å². The van der Waals surface area contributed by atoms with Crippen LogP contribution in [0, 0.1) is 0 Å². The van der Waals surface area contributed by atoms with Gasteiger partial charge in [-0.2, -0.15) is 0 Å². The summed E-state index contributed by atoms with van der Waals surface area (Å²) in [5.74, 6) is 0. The summed E-state index contributed by atoms with van der Waals surface area (Å²) in [5.41, 5.74) is 5.28. The number of hydrogen-bond donors (Lipinski definition) is 2. The predicted molar refractivity (Wildman–Crippen MR) is 94.1 cm³/mol. The molecule has 1 fully saturated rings. The van der Waals surface area contributed by atoms with Crippen molar-refractivity contribution < 1.29 is 0 Å². The van der Waals surface area contributed by atoms with Crippen LogP contribution in [0.3, 0.4) is 0 Å². The third-order valence-electron chi connectivity index (χ3n) is 4.59. The highest BCUT2D eigenvalue weighted by Gasteiger charge is 2.10. The van der Waals surface area contributed by atoms with Crippen molar-refractivity contribution in [3.05, 3.63) is 52.9 Å². The molecule has 4 rings (SSSR count). The zero-order valence-corrected chi connectivity index (χ0v) is 13.2. The van der Waals surface area contributed by atoms with Gasteiger partial charge in [-0.25, -0.2) is 4.79 Å². The summed E-state index contributed by atoms with van der Waals surface area (Å²) < 4.78 is 1.65. The van der Waals surface area contributed by atoms with Crippen LogP contribution >= 0.6 is 0 Å². The van der Waals surface area contributed by atoms with Gasteiger partial charge in [-0.3, -0.25) is 4.57 Å². The molecular formula is C18H20N4O. The first kappa shape index (κ1) is 14.1. The average molecular weight is 308 g/mol. The zero-order chi connectivity index (χ0) is 15.8. The monoisotopic (exact) mass is 308 g/mol. The maximum Gasteiger partial charge on any atom is 0.326 e. The van der Waals surface area contributed by atoms with E-state index in [1.807, 2.05) is 6.07 Å². The number of H-pyrrole nitrogens is 1. The minimum Gasteiger partial charge on any atom is -0.369 e. The van der Waals surface area contributed by atoms with Crippen LogP contribution < -0.4 is 15.9 Å². The summed E-state index contributed by atoms with van der Waals surface area (Å²) >= 11 is 0. The third-order valence-corrected chi connectivity index (χ3v) is 4.59. The number of rotatable bonds is 2. The lowest BCUT2D eigenvalue weighted by Gasteiger charge is -2.29. The second kappa shape index (κ2) is 5.59. The van der Waals surface area contributed by atoms with Crippen LogP contribution in [0.1, 0.15) is 0 Å². The minimum atomic E-state index is -0.0776. The van der Waals surface area contributed by atoms with Gasteiger partial charge in [0.1, 0.15) is 0 Å². The van der Waals surface area contributed by atoms with Crippen molar-refractivity contribution in [3.63, 3.8) is 0 Å². The second-order valence-corrected chi connectivity index (χ2v) is 6.01. The smallest absolute Gasteiger partial charge is 0.326 e. The summed E-state index contributed by atoms with van der Waals surface area (Å²) in [6, 6.07) is 14.8. The summed E-state index contributed by atoms with van der Waals surface area (Å²) in [4.78, 5) is 17.0. The van der Waals surface area contributed by atoms with E-state index in [0.717, 1.165) is 42.8 Å². The molecule has 0 spiro atoms. The Morgan fingerprint density at radius 1 is 0.957 bits per heavy atom. The number of benzene rings is 2. The Morgan fingerprint density at radius 3 is 2.39 bits per heavy atom. The Morgan fingerprint density at radius 2 is 1.65 bits per heavy atom. The Bertz CT molecular complexity index is 886. The molecule has 0 unspecified atom stereocenters. The number of anilines is 1. The molecule has 0 bridgehead atoms. The highest BCUT2D eigenvalue weighted by molar-refractivity contribution is 5.82. The summed E-state index contributed by atoms with van der Waals surface area (Å²) in [7, 11) is 1.79. The van der Waals surface area contributed by atoms with E-state index < -0.39 is 0 Å². The second-order valence-electron chi connectivity index (χ2n) is 6.01. The molecule has 5 nitrogen and oxygen atoms in total. The number of aromatic nitrogens is 2. The van der Waals surface area contributed by atoms with Gasteiger partial charge < -0.3 is 15.2 Å². The van der Waals surface area contributed by atoms with Gasteiger partial charge in [0.2, 0.25) is 0 Å². The molecule has 1 aromatic heterocycles. The largest absolute Gasteiger partial charge is 0.369 e. The molecule has 1 aliphatic heterocycles. The van der Waals surface area contributed by atoms with E-state index in [-0.39, 0.29) is 5.69 Å². The van der Waals surface area contributed by atoms with E-state index in [1.165, 1.54) is 11.3 Å². The summed E-state index contributed by atoms with van der Waals surface area (Å²) in [6.07, 6.45) is 0. The highest BCUT2D eigenvalue weighted by atomic mass is 16.1. The Hall–Kier alpha value is -2.53. The van der Waals surface area contributed by atoms with E-state index in [2.05, 4.69) is 51.6 Å². The molecule has 0 saturated carbocycles. The SMILES string of the molecule is Cn1c(=O)[nH]c2ccc(-c3ccc(N4CCNCC4)cc3)cc21.